The van der Waals surface area contributed by atoms with Crippen molar-refractivity contribution in [2.24, 2.45) is 0 Å². The third-order valence-corrected chi connectivity index (χ3v) is 6.74. The Morgan fingerprint density at radius 1 is 1.29 bits per heavy atom. The summed E-state index contributed by atoms with van der Waals surface area (Å²) < 4.78 is 32.6. The van der Waals surface area contributed by atoms with Gasteiger partial charge in [0.05, 0.1) is 24.1 Å². The number of nitrogens with zero attached hydrogens (tertiary/aromatic N) is 1. The molecule has 2 aliphatic rings. The van der Waals surface area contributed by atoms with Crippen molar-refractivity contribution >= 4 is 30.3 Å². The van der Waals surface area contributed by atoms with Gasteiger partial charge in [-0.15, -0.1) is 0 Å². The molecule has 1 heterocycles. The van der Waals surface area contributed by atoms with Crippen molar-refractivity contribution < 1.29 is 17.6 Å². The van der Waals surface area contributed by atoms with Crippen molar-refractivity contribution in [2.45, 2.75) is 43.6 Å². The molecule has 3 unspecified atom stereocenters. The predicted molar refractivity (Wildman–Crippen MR) is 97.3 cm³/mol. The van der Waals surface area contributed by atoms with Gasteiger partial charge in [0.15, 0.2) is 8.32 Å². The quantitative estimate of drug-likeness (QED) is 0.467. The zero-order chi connectivity index (χ0) is 17.8. The highest BCUT2D eigenvalue weighted by atomic mass is 32.2. The topological polar surface area (TPSA) is 63.7 Å². The van der Waals surface area contributed by atoms with Crippen molar-refractivity contribution in [3.05, 3.63) is 42.0 Å². The normalized spacial score (nSPS) is 29.2. The van der Waals surface area contributed by atoms with Gasteiger partial charge in [-0.25, -0.2) is 8.42 Å². The molecule has 0 amide bonds. The van der Waals surface area contributed by atoms with Crippen LogP contribution in [0, 0.1) is 0 Å². The van der Waals surface area contributed by atoms with Gasteiger partial charge in [-0.3, -0.25) is 4.31 Å². The average molecular weight is 366 g/mol. The van der Waals surface area contributed by atoms with Crippen molar-refractivity contribution in [1.82, 2.24) is 0 Å². The third-order valence-electron chi connectivity index (χ3n) is 4.62. The molecular formula is C17H23NO4SSi. The van der Waals surface area contributed by atoms with Crippen LogP contribution in [0.5, 0.6) is 0 Å². The zero-order valence-corrected chi connectivity index (χ0v) is 16.2. The molecule has 24 heavy (non-hydrogen) atoms. The van der Waals surface area contributed by atoms with Gasteiger partial charge in [0.2, 0.25) is 10.0 Å². The molecule has 0 spiro atoms. The standard InChI is InChI=1S/C17H23NO4SSi/c1-23(20,21)18-14-9-6-5-8-13(14)17(12-19)15(18)10-7-11-16(17)22-24(2,3)4/h5-9,11-12,15-16H,10H2,1-4H3. The number of rotatable bonds is 4. The summed E-state index contributed by atoms with van der Waals surface area (Å²) in [6.45, 7) is 6.20. The number of para-hydroxylation sites is 1. The molecule has 0 aromatic heterocycles. The maximum absolute atomic E-state index is 12.5. The summed E-state index contributed by atoms with van der Waals surface area (Å²) in [5.74, 6) is 0. The Morgan fingerprint density at radius 3 is 2.54 bits per heavy atom. The highest BCUT2D eigenvalue weighted by Crippen LogP contribution is 2.51. The molecule has 0 bridgehead atoms. The molecule has 0 fully saturated rings. The Hall–Kier alpha value is -1.44. The van der Waals surface area contributed by atoms with Gasteiger partial charge in [-0.05, 0) is 37.7 Å². The molecule has 1 aromatic carbocycles. The number of hydrogen-bond donors (Lipinski definition) is 0. The Bertz CT molecular complexity index is 799. The van der Waals surface area contributed by atoms with Gasteiger partial charge in [0.1, 0.15) is 11.7 Å². The fraction of sp³-hybridized carbons (Fsp3) is 0.471. The Labute approximate surface area is 144 Å². The van der Waals surface area contributed by atoms with Gasteiger partial charge in [0.25, 0.3) is 0 Å². The van der Waals surface area contributed by atoms with E-state index < -0.39 is 35.9 Å². The average Bonchev–Trinajstić information content (AvgIpc) is 2.77. The summed E-state index contributed by atoms with van der Waals surface area (Å²) in [7, 11) is -5.44. The molecule has 7 heteroatoms. The summed E-state index contributed by atoms with van der Waals surface area (Å²) >= 11 is 0. The predicted octanol–water partition coefficient (Wildman–Crippen LogP) is 2.45. The van der Waals surface area contributed by atoms with Crippen LogP contribution in [0.1, 0.15) is 12.0 Å². The molecule has 1 aromatic rings. The maximum Gasteiger partial charge on any atom is 0.232 e. The molecule has 0 saturated carbocycles. The first-order valence-corrected chi connectivity index (χ1v) is 13.3. The van der Waals surface area contributed by atoms with E-state index in [2.05, 4.69) is 19.6 Å². The van der Waals surface area contributed by atoms with E-state index in [1.54, 1.807) is 12.1 Å². The molecule has 0 radical (unpaired) electrons. The summed E-state index contributed by atoms with van der Waals surface area (Å²) in [6.07, 6.45) is 5.99. The minimum Gasteiger partial charge on any atom is -0.410 e. The lowest BCUT2D eigenvalue weighted by atomic mass is 9.70. The van der Waals surface area contributed by atoms with E-state index in [-0.39, 0.29) is 0 Å². The second-order valence-electron chi connectivity index (χ2n) is 7.46. The van der Waals surface area contributed by atoms with Gasteiger partial charge < -0.3 is 9.22 Å². The minimum absolute atomic E-state index is 0.451. The lowest BCUT2D eigenvalue weighted by molar-refractivity contribution is -0.115. The summed E-state index contributed by atoms with van der Waals surface area (Å²) in [4.78, 5) is 12.4. The SMILES string of the molecule is C[Si](C)(C)OC1C=CCC2N(S(C)(=O)=O)c3ccccc3C12C=O. The number of anilines is 1. The van der Waals surface area contributed by atoms with Crippen LogP contribution in [-0.4, -0.2) is 41.4 Å². The number of fused-ring (bicyclic) bond motifs is 3. The molecule has 1 aliphatic heterocycles. The molecule has 0 N–H and O–H groups in total. The highest BCUT2D eigenvalue weighted by Gasteiger charge is 2.59. The molecular weight excluding hydrogens is 342 g/mol. The van der Waals surface area contributed by atoms with Crippen molar-refractivity contribution in [3.63, 3.8) is 0 Å². The zero-order valence-electron chi connectivity index (χ0n) is 14.4. The second kappa shape index (κ2) is 5.54. The largest absolute Gasteiger partial charge is 0.410 e. The van der Waals surface area contributed by atoms with Crippen LogP contribution in [0.4, 0.5) is 5.69 Å². The first kappa shape index (κ1) is 17.4. The molecule has 0 saturated heterocycles. The van der Waals surface area contributed by atoms with E-state index in [1.807, 2.05) is 24.3 Å². The van der Waals surface area contributed by atoms with Crippen LogP contribution in [-0.2, 0) is 24.7 Å². The smallest absolute Gasteiger partial charge is 0.232 e. The summed E-state index contributed by atoms with van der Waals surface area (Å²) in [6, 6.07) is 6.78. The minimum atomic E-state index is -3.51. The fourth-order valence-corrected chi connectivity index (χ4v) is 6.11. The Morgan fingerprint density at radius 2 is 1.96 bits per heavy atom. The van der Waals surface area contributed by atoms with E-state index in [0.29, 0.717) is 12.1 Å². The number of carbonyl (C=O) groups excluding carboxylic acids is 1. The summed E-state index contributed by atoms with van der Waals surface area (Å²) in [5.41, 5.74) is 0.335. The van der Waals surface area contributed by atoms with Gasteiger partial charge in [-0.1, -0.05) is 30.4 Å². The molecule has 130 valence electrons. The van der Waals surface area contributed by atoms with Crippen molar-refractivity contribution in [2.75, 3.05) is 10.6 Å². The van der Waals surface area contributed by atoms with Crippen molar-refractivity contribution in [1.29, 1.82) is 0 Å². The van der Waals surface area contributed by atoms with E-state index in [0.717, 1.165) is 11.8 Å². The van der Waals surface area contributed by atoms with Crippen LogP contribution in [0.15, 0.2) is 36.4 Å². The number of sulfonamides is 1. The lowest BCUT2D eigenvalue weighted by Gasteiger charge is -2.43. The second-order valence-corrected chi connectivity index (χ2v) is 13.8. The van der Waals surface area contributed by atoms with Crippen LogP contribution < -0.4 is 4.31 Å². The molecule has 5 nitrogen and oxygen atoms in total. The van der Waals surface area contributed by atoms with Crippen LogP contribution in [0.3, 0.4) is 0 Å². The highest BCUT2D eigenvalue weighted by molar-refractivity contribution is 7.92. The maximum atomic E-state index is 12.5. The number of aldehydes is 1. The number of benzene rings is 1. The summed E-state index contributed by atoms with van der Waals surface area (Å²) in [5, 5.41) is 0. The Kier molecular flexibility index (Phi) is 4.01. The van der Waals surface area contributed by atoms with E-state index in [9.17, 15) is 13.2 Å². The molecule has 3 atom stereocenters. The first-order valence-electron chi connectivity index (χ1n) is 8.01. The monoisotopic (exact) mass is 365 g/mol. The van der Waals surface area contributed by atoms with E-state index >= 15 is 0 Å². The van der Waals surface area contributed by atoms with Crippen LogP contribution >= 0.6 is 0 Å². The van der Waals surface area contributed by atoms with Gasteiger partial charge in [0, 0.05) is 0 Å². The molecule has 1 aliphatic carbocycles. The Balaban J connectivity index is 2.25. The van der Waals surface area contributed by atoms with Crippen molar-refractivity contribution in [3.8, 4) is 0 Å². The molecule has 3 rings (SSSR count). The number of carbonyl (C=O) groups is 1. The first-order chi connectivity index (χ1) is 11.1. The van der Waals surface area contributed by atoms with Crippen LogP contribution in [0.2, 0.25) is 19.6 Å². The fourth-order valence-electron chi connectivity index (χ4n) is 3.83. The van der Waals surface area contributed by atoms with E-state index in [4.69, 9.17) is 4.43 Å². The lowest BCUT2D eigenvalue weighted by Crippen LogP contribution is -2.57. The van der Waals surface area contributed by atoms with Gasteiger partial charge >= 0.3 is 0 Å². The van der Waals surface area contributed by atoms with Gasteiger partial charge in [-0.2, -0.15) is 0 Å². The third kappa shape index (κ3) is 2.55. The number of hydrogen-bond acceptors (Lipinski definition) is 4. The van der Waals surface area contributed by atoms with E-state index in [1.165, 1.54) is 10.6 Å². The van der Waals surface area contributed by atoms with Crippen LogP contribution in [0.25, 0.3) is 0 Å².